The second-order valence-electron chi connectivity index (χ2n) is 7.87. The van der Waals surface area contributed by atoms with Crippen LogP contribution in [-0.4, -0.2) is 45.0 Å². The zero-order valence-electron chi connectivity index (χ0n) is 17.4. The van der Waals surface area contributed by atoms with Crippen LogP contribution in [0.5, 0.6) is 0 Å². The summed E-state index contributed by atoms with van der Waals surface area (Å²) >= 11 is 0. The van der Waals surface area contributed by atoms with Crippen molar-refractivity contribution in [2.75, 3.05) is 13.7 Å². The molecular formula is C21H30F3NO3Si. The van der Waals surface area contributed by atoms with Crippen molar-refractivity contribution in [3.05, 3.63) is 35.9 Å². The first-order chi connectivity index (χ1) is 13.5. The Balaban J connectivity index is 3.21. The molecule has 0 unspecified atom stereocenters. The number of ether oxygens (including phenoxy) is 1. The van der Waals surface area contributed by atoms with Crippen LogP contribution < -0.4 is 5.32 Å². The van der Waals surface area contributed by atoms with Crippen LogP contribution in [0, 0.1) is 11.5 Å². The number of aliphatic hydroxyl groups is 1. The lowest BCUT2D eigenvalue weighted by atomic mass is 9.91. The minimum absolute atomic E-state index is 0.0481. The summed E-state index contributed by atoms with van der Waals surface area (Å²) in [6, 6.07) is 6.15. The van der Waals surface area contributed by atoms with Gasteiger partial charge in [-0.1, -0.05) is 68.7 Å². The molecule has 29 heavy (non-hydrogen) atoms. The maximum atomic E-state index is 14.0. The molecule has 0 aliphatic heterocycles. The van der Waals surface area contributed by atoms with Crippen LogP contribution in [0.4, 0.5) is 13.2 Å². The fourth-order valence-electron chi connectivity index (χ4n) is 2.80. The largest absolute Gasteiger partial charge is 0.430 e. The summed E-state index contributed by atoms with van der Waals surface area (Å²) in [5.74, 6) is 1.68. The van der Waals surface area contributed by atoms with Crippen LogP contribution in [-0.2, 0) is 15.1 Å². The van der Waals surface area contributed by atoms with E-state index in [9.17, 15) is 18.0 Å². The number of benzene rings is 1. The number of amides is 1. The molecule has 8 heteroatoms. The molecule has 0 heterocycles. The Morgan fingerprint density at radius 2 is 1.79 bits per heavy atom. The van der Waals surface area contributed by atoms with E-state index in [-0.39, 0.29) is 12.2 Å². The predicted octanol–water partition coefficient (Wildman–Crippen LogP) is 4.01. The van der Waals surface area contributed by atoms with Gasteiger partial charge in [0.1, 0.15) is 8.07 Å². The number of unbranched alkanes of at least 4 members (excludes halogenated alkanes) is 2. The van der Waals surface area contributed by atoms with Crippen molar-refractivity contribution in [2.45, 2.75) is 63.1 Å². The van der Waals surface area contributed by atoms with Crippen molar-refractivity contribution in [1.82, 2.24) is 5.32 Å². The molecular weight excluding hydrogens is 399 g/mol. The third-order valence-corrected chi connectivity index (χ3v) is 5.18. The summed E-state index contributed by atoms with van der Waals surface area (Å²) in [7, 11) is -0.907. The highest BCUT2D eigenvalue weighted by Gasteiger charge is 2.62. The Morgan fingerprint density at radius 3 is 2.28 bits per heavy atom. The fraction of sp³-hybridized carbons (Fsp3) is 0.571. The van der Waals surface area contributed by atoms with Crippen molar-refractivity contribution >= 4 is 14.0 Å². The number of alkyl halides is 3. The third-order valence-electron chi connectivity index (χ3n) is 4.28. The maximum absolute atomic E-state index is 14.0. The van der Waals surface area contributed by atoms with Gasteiger partial charge < -0.3 is 15.2 Å². The van der Waals surface area contributed by atoms with E-state index >= 15 is 0 Å². The van der Waals surface area contributed by atoms with Gasteiger partial charge in [-0.15, -0.1) is 5.54 Å². The molecule has 0 saturated heterocycles. The standard InChI is InChI=1S/C21H30F3NO3Si/c1-28-20(21(22,23)24,17-11-7-5-8-12-17)19(27)25-18(13-9-6-10-15-26)14-16-29(2,3)4/h5,7-8,11-12,18,26H,6,9-10,13,15H2,1-4H3,(H,25,27)/t18-,20+/m1/s1. The molecule has 0 fully saturated rings. The summed E-state index contributed by atoms with van der Waals surface area (Å²) < 4.78 is 47.0. The van der Waals surface area contributed by atoms with E-state index in [0.717, 1.165) is 7.11 Å². The first-order valence-electron chi connectivity index (χ1n) is 9.60. The average Bonchev–Trinajstić information content (AvgIpc) is 2.63. The van der Waals surface area contributed by atoms with Crippen LogP contribution in [0.1, 0.15) is 31.2 Å². The average molecular weight is 430 g/mol. The van der Waals surface area contributed by atoms with Gasteiger partial charge in [0, 0.05) is 19.3 Å². The second-order valence-corrected chi connectivity index (χ2v) is 12.6. The van der Waals surface area contributed by atoms with Crippen LogP contribution in [0.15, 0.2) is 30.3 Å². The van der Waals surface area contributed by atoms with Gasteiger partial charge in [-0.05, 0) is 12.8 Å². The lowest BCUT2D eigenvalue weighted by Crippen LogP contribution is -2.57. The number of methoxy groups -OCH3 is 1. The molecule has 0 saturated carbocycles. The molecule has 4 nitrogen and oxygen atoms in total. The number of nitrogens with one attached hydrogen (secondary N) is 1. The Labute approximate surface area is 171 Å². The molecule has 0 aromatic heterocycles. The summed E-state index contributed by atoms with van der Waals surface area (Å²) in [6.07, 6.45) is -2.64. The number of halogens is 3. The Kier molecular flexibility index (Phi) is 9.40. The quantitative estimate of drug-likeness (QED) is 0.354. The zero-order valence-corrected chi connectivity index (χ0v) is 18.4. The SMILES string of the molecule is CO[C@](C(=O)N[C@@H](C#C[Si](C)(C)C)CCCCCO)(c1ccccc1)C(F)(F)F. The molecule has 162 valence electrons. The van der Waals surface area contributed by atoms with E-state index in [1.165, 1.54) is 24.3 Å². The molecule has 0 radical (unpaired) electrons. The summed E-state index contributed by atoms with van der Waals surface area (Å²) in [5, 5.41) is 11.4. The zero-order chi connectivity index (χ0) is 22.1. The number of rotatable bonds is 9. The Bertz CT molecular complexity index is 708. The highest BCUT2D eigenvalue weighted by atomic mass is 28.3. The van der Waals surface area contributed by atoms with E-state index in [1.54, 1.807) is 6.07 Å². The van der Waals surface area contributed by atoms with Gasteiger partial charge in [0.15, 0.2) is 0 Å². The first-order valence-corrected chi connectivity index (χ1v) is 13.1. The molecule has 0 spiro atoms. The van der Waals surface area contributed by atoms with Gasteiger partial charge in [-0.2, -0.15) is 13.2 Å². The van der Waals surface area contributed by atoms with Gasteiger partial charge in [0.05, 0.1) is 6.04 Å². The highest BCUT2D eigenvalue weighted by molar-refractivity contribution is 6.83. The third kappa shape index (κ3) is 7.18. The van der Waals surface area contributed by atoms with Gasteiger partial charge in [0.2, 0.25) is 0 Å². The van der Waals surface area contributed by atoms with Crippen molar-refractivity contribution in [3.8, 4) is 11.5 Å². The van der Waals surface area contributed by atoms with Gasteiger partial charge in [-0.25, -0.2) is 0 Å². The smallest absolute Gasteiger partial charge is 0.396 e. The fourth-order valence-corrected chi connectivity index (χ4v) is 3.41. The van der Waals surface area contributed by atoms with E-state index in [4.69, 9.17) is 9.84 Å². The summed E-state index contributed by atoms with van der Waals surface area (Å²) in [4.78, 5) is 12.9. The van der Waals surface area contributed by atoms with E-state index in [0.29, 0.717) is 25.7 Å². The molecule has 2 atom stereocenters. The topological polar surface area (TPSA) is 58.6 Å². The number of hydrogen-bond acceptors (Lipinski definition) is 3. The van der Waals surface area contributed by atoms with Gasteiger partial charge in [-0.3, -0.25) is 4.79 Å². The molecule has 0 aliphatic carbocycles. The normalized spacial score (nSPS) is 15.0. The van der Waals surface area contributed by atoms with Crippen molar-refractivity contribution in [2.24, 2.45) is 0 Å². The van der Waals surface area contributed by atoms with Crippen LogP contribution >= 0.6 is 0 Å². The molecule has 0 bridgehead atoms. The molecule has 1 aromatic rings. The number of hydrogen-bond donors (Lipinski definition) is 2. The minimum atomic E-state index is -4.96. The lowest BCUT2D eigenvalue weighted by Gasteiger charge is -2.34. The van der Waals surface area contributed by atoms with Gasteiger partial charge >= 0.3 is 6.18 Å². The van der Waals surface area contributed by atoms with Crippen molar-refractivity contribution < 1.29 is 27.8 Å². The molecule has 2 N–H and O–H groups in total. The second kappa shape index (κ2) is 10.8. The number of carbonyl (C=O) groups is 1. The summed E-state index contributed by atoms with van der Waals surface area (Å²) in [5.41, 5.74) is -0.281. The van der Waals surface area contributed by atoms with Crippen LogP contribution in [0.25, 0.3) is 0 Å². The van der Waals surface area contributed by atoms with E-state index < -0.39 is 31.8 Å². The molecule has 0 aliphatic rings. The summed E-state index contributed by atoms with van der Waals surface area (Å²) in [6.45, 7) is 6.10. The van der Waals surface area contributed by atoms with Gasteiger partial charge in [0.25, 0.3) is 11.5 Å². The maximum Gasteiger partial charge on any atom is 0.430 e. The highest BCUT2D eigenvalue weighted by Crippen LogP contribution is 2.42. The number of carbonyl (C=O) groups excluding carboxylic acids is 1. The Hall–Kier alpha value is -1.82. The lowest BCUT2D eigenvalue weighted by molar-refractivity contribution is -0.266. The molecule has 1 aromatic carbocycles. The molecule has 1 amide bonds. The Morgan fingerprint density at radius 1 is 1.17 bits per heavy atom. The van der Waals surface area contributed by atoms with Crippen molar-refractivity contribution in [3.63, 3.8) is 0 Å². The number of aliphatic hydroxyl groups excluding tert-OH is 1. The monoisotopic (exact) mass is 429 g/mol. The van der Waals surface area contributed by atoms with Crippen LogP contribution in [0.3, 0.4) is 0 Å². The van der Waals surface area contributed by atoms with E-state index in [2.05, 4.69) is 16.8 Å². The minimum Gasteiger partial charge on any atom is -0.396 e. The molecule has 1 rings (SSSR count). The van der Waals surface area contributed by atoms with Crippen molar-refractivity contribution in [1.29, 1.82) is 0 Å². The predicted molar refractivity (Wildman–Crippen MR) is 110 cm³/mol. The first kappa shape index (κ1) is 25.2. The van der Waals surface area contributed by atoms with E-state index in [1.807, 2.05) is 19.6 Å². The van der Waals surface area contributed by atoms with Crippen LogP contribution in [0.2, 0.25) is 19.6 Å².